The van der Waals surface area contributed by atoms with Crippen molar-refractivity contribution in [3.63, 3.8) is 0 Å². The minimum Gasteiger partial charge on any atom is -0.436 e. The van der Waals surface area contributed by atoms with E-state index in [1.807, 2.05) is 12.1 Å². The Hall–Kier alpha value is -2.86. The molecular formula is C18H14ClN3O3. The average molecular weight is 356 g/mol. The van der Waals surface area contributed by atoms with Crippen LogP contribution in [0, 0.1) is 5.92 Å². The summed E-state index contributed by atoms with van der Waals surface area (Å²) >= 11 is 6.01. The maximum Gasteiger partial charge on any atom is 0.227 e. The third-order valence-corrected chi connectivity index (χ3v) is 4.52. The minimum absolute atomic E-state index is 0.123. The predicted molar refractivity (Wildman–Crippen MR) is 94.1 cm³/mol. The number of nitrogens with zero attached hydrogens (tertiary/aromatic N) is 2. The summed E-state index contributed by atoms with van der Waals surface area (Å²) in [6.07, 6.45) is 0.139. The Balaban J connectivity index is 1.69. The van der Waals surface area contributed by atoms with Gasteiger partial charge < -0.3 is 15.1 Å². The molecule has 4 rings (SSSR count). The Kier molecular flexibility index (Phi) is 3.69. The Morgan fingerprint density at radius 3 is 2.84 bits per heavy atom. The second-order valence-electron chi connectivity index (χ2n) is 5.99. The number of oxazole rings is 1. The van der Waals surface area contributed by atoms with E-state index in [1.54, 1.807) is 35.2 Å². The van der Waals surface area contributed by atoms with E-state index in [-0.39, 0.29) is 12.3 Å². The number of primary amides is 1. The van der Waals surface area contributed by atoms with Crippen LogP contribution in [0.5, 0.6) is 0 Å². The number of anilines is 1. The van der Waals surface area contributed by atoms with Gasteiger partial charge in [0, 0.05) is 29.2 Å². The lowest BCUT2D eigenvalue weighted by atomic mass is 10.1. The fourth-order valence-corrected chi connectivity index (χ4v) is 3.17. The SMILES string of the molecule is NC(=O)C1CC(=O)N(c2ccc3oc(-c4cccc(Cl)c4)nc3c2)C1. The maximum atomic E-state index is 12.1. The van der Waals surface area contributed by atoms with Crippen molar-refractivity contribution in [3.05, 3.63) is 47.5 Å². The van der Waals surface area contributed by atoms with Crippen LogP contribution in [0.15, 0.2) is 46.9 Å². The lowest BCUT2D eigenvalue weighted by molar-refractivity contribution is -0.123. The lowest BCUT2D eigenvalue weighted by Crippen LogP contribution is -2.28. The van der Waals surface area contributed by atoms with Gasteiger partial charge in [0.1, 0.15) is 5.52 Å². The van der Waals surface area contributed by atoms with Crippen LogP contribution in [-0.4, -0.2) is 23.3 Å². The minimum atomic E-state index is -0.457. The number of halogens is 1. The first-order valence-electron chi connectivity index (χ1n) is 7.77. The molecule has 7 heteroatoms. The molecule has 1 saturated heterocycles. The van der Waals surface area contributed by atoms with Crippen molar-refractivity contribution in [1.29, 1.82) is 0 Å². The fourth-order valence-electron chi connectivity index (χ4n) is 2.98. The van der Waals surface area contributed by atoms with Crippen LogP contribution in [0.4, 0.5) is 5.69 Å². The van der Waals surface area contributed by atoms with E-state index in [9.17, 15) is 9.59 Å². The van der Waals surface area contributed by atoms with E-state index < -0.39 is 11.8 Å². The highest BCUT2D eigenvalue weighted by atomic mass is 35.5. The highest BCUT2D eigenvalue weighted by Crippen LogP contribution is 2.31. The van der Waals surface area contributed by atoms with Crippen LogP contribution in [0.1, 0.15) is 6.42 Å². The van der Waals surface area contributed by atoms with Gasteiger partial charge in [0.2, 0.25) is 17.7 Å². The molecule has 1 aliphatic heterocycles. The van der Waals surface area contributed by atoms with Gasteiger partial charge in [0.15, 0.2) is 5.58 Å². The summed E-state index contributed by atoms with van der Waals surface area (Å²) in [4.78, 5) is 29.5. The van der Waals surface area contributed by atoms with Gasteiger partial charge in [-0.2, -0.15) is 0 Å². The number of hydrogen-bond donors (Lipinski definition) is 1. The molecule has 126 valence electrons. The van der Waals surface area contributed by atoms with E-state index in [1.165, 1.54) is 0 Å². The first-order valence-corrected chi connectivity index (χ1v) is 8.15. The quantitative estimate of drug-likeness (QED) is 0.782. The molecule has 0 saturated carbocycles. The van der Waals surface area contributed by atoms with Crippen LogP contribution in [0.3, 0.4) is 0 Å². The molecule has 6 nitrogen and oxygen atoms in total. The molecule has 2 heterocycles. The summed E-state index contributed by atoms with van der Waals surface area (Å²) in [6.45, 7) is 0.290. The average Bonchev–Trinajstić information content (AvgIpc) is 3.17. The number of carbonyl (C=O) groups excluding carboxylic acids is 2. The standard InChI is InChI=1S/C18H14ClN3O3/c19-12-3-1-2-10(6-12)18-21-14-8-13(4-5-15(14)25-18)22-9-11(17(20)24)7-16(22)23/h1-6,8,11H,7,9H2,(H2,20,24). The molecule has 0 spiro atoms. The Labute approximate surface area is 148 Å². The van der Waals surface area contributed by atoms with Gasteiger partial charge in [-0.25, -0.2) is 4.98 Å². The number of rotatable bonds is 3. The normalized spacial score (nSPS) is 17.4. The second kappa shape index (κ2) is 5.89. The number of hydrogen-bond acceptors (Lipinski definition) is 4. The second-order valence-corrected chi connectivity index (χ2v) is 6.43. The first-order chi connectivity index (χ1) is 12.0. The molecule has 1 unspecified atom stereocenters. The Morgan fingerprint density at radius 1 is 1.28 bits per heavy atom. The van der Waals surface area contributed by atoms with Gasteiger partial charge in [-0.15, -0.1) is 0 Å². The summed E-state index contributed by atoms with van der Waals surface area (Å²) in [5.74, 6) is -0.580. The molecule has 1 aromatic heterocycles. The highest BCUT2D eigenvalue weighted by Gasteiger charge is 2.34. The van der Waals surface area contributed by atoms with E-state index in [0.29, 0.717) is 34.2 Å². The number of fused-ring (bicyclic) bond motifs is 1. The molecule has 25 heavy (non-hydrogen) atoms. The fraction of sp³-hybridized carbons (Fsp3) is 0.167. The number of nitrogens with two attached hydrogens (primary N) is 1. The number of benzene rings is 2. The van der Waals surface area contributed by atoms with E-state index in [2.05, 4.69) is 4.98 Å². The summed E-state index contributed by atoms with van der Waals surface area (Å²) in [7, 11) is 0. The molecule has 2 aromatic carbocycles. The molecule has 2 N–H and O–H groups in total. The van der Waals surface area contributed by atoms with Crippen molar-refractivity contribution in [2.24, 2.45) is 11.7 Å². The van der Waals surface area contributed by atoms with Gasteiger partial charge in [-0.3, -0.25) is 9.59 Å². The lowest BCUT2D eigenvalue weighted by Gasteiger charge is -2.15. The predicted octanol–water partition coefficient (Wildman–Crippen LogP) is 2.99. The molecule has 0 radical (unpaired) electrons. The smallest absolute Gasteiger partial charge is 0.227 e. The summed E-state index contributed by atoms with van der Waals surface area (Å²) in [6, 6.07) is 12.5. The molecule has 1 atom stereocenters. The van der Waals surface area contributed by atoms with Crippen molar-refractivity contribution in [2.45, 2.75) is 6.42 Å². The molecule has 2 amide bonds. The molecule has 3 aromatic rings. The van der Waals surface area contributed by atoms with Crippen molar-refractivity contribution in [2.75, 3.05) is 11.4 Å². The van der Waals surface area contributed by atoms with Gasteiger partial charge >= 0.3 is 0 Å². The third-order valence-electron chi connectivity index (χ3n) is 4.28. The largest absolute Gasteiger partial charge is 0.436 e. The topological polar surface area (TPSA) is 89.4 Å². The van der Waals surface area contributed by atoms with Crippen molar-refractivity contribution < 1.29 is 14.0 Å². The summed E-state index contributed by atoms with van der Waals surface area (Å²) in [5, 5.41) is 0.598. The van der Waals surface area contributed by atoms with Crippen LogP contribution in [0.25, 0.3) is 22.6 Å². The Morgan fingerprint density at radius 2 is 2.12 bits per heavy atom. The number of amides is 2. The van der Waals surface area contributed by atoms with Crippen LogP contribution >= 0.6 is 11.6 Å². The van der Waals surface area contributed by atoms with Crippen molar-refractivity contribution in [1.82, 2.24) is 4.98 Å². The van der Waals surface area contributed by atoms with Crippen LogP contribution in [0.2, 0.25) is 5.02 Å². The summed E-state index contributed by atoms with van der Waals surface area (Å²) < 4.78 is 5.77. The monoisotopic (exact) mass is 355 g/mol. The van der Waals surface area contributed by atoms with Gasteiger partial charge in [0.25, 0.3) is 0 Å². The van der Waals surface area contributed by atoms with Crippen LogP contribution < -0.4 is 10.6 Å². The van der Waals surface area contributed by atoms with Crippen molar-refractivity contribution in [3.8, 4) is 11.5 Å². The molecular weight excluding hydrogens is 342 g/mol. The molecule has 1 aliphatic rings. The van der Waals surface area contributed by atoms with Crippen LogP contribution in [-0.2, 0) is 9.59 Å². The summed E-state index contributed by atoms with van der Waals surface area (Å²) in [5.41, 5.74) is 8.00. The van der Waals surface area contributed by atoms with E-state index in [4.69, 9.17) is 21.8 Å². The number of carbonyl (C=O) groups is 2. The van der Waals surface area contributed by atoms with E-state index in [0.717, 1.165) is 5.56 Å². The zero-order valence-electron chi connectivity index (χ0n) is 13.1. The highest BCUT2D eigenvalue weighted by molar-refractivity contribution is 6.30. The zero-order chi connectivity index (χ0) is 17.6. The van der Waals surface area contributed by atoms with Gasteiger partial charge in [-0.1, -0.05) is 17.7 Å². The van der Waals surface area contributed by atoms with E-state index >= 15 is 0 Å². The number of aromatic nitrogens is 1. The zero-order valence-corrected chi connectivity index (χ0v) is 13.9. The Bertz CT molecular complexity index is 998. The first kappa shape index (κ1) is 15.7. The van der Waals surface area contributed by atoms with Gasteiger partial charge in [-0.05, 0) is 36.4 Å². The maximum absolute atomic E-state index is 12.1. The molecule has 1 fully saturated rings. The molecule has 0 aliphatic carbocycles. The van der Waals surface area contributed by atoms with Crippen molar-refractivity contribution >= 4 is 40.2 Å². The van der Waals surface area contributed by atoms with Gasteiger partial charge in [0.05, 0.1) is 5.92 Å². The third kappa shape index (κ3) is 2.85. The molecule has 0 bridgehead atoms.